The van der Waals surface area contributed by atoms with Crippen LogP contribution in [0.2, 0.25) is 0 Å². The summed E-state index contributed by atoms with van der Waals surface area (Å²) in [7, 11) is 0. The molecule has 1 N–H and O–H groups in total. The van der Waals surface area contributed by atoms with E-state index in [-0.39, 0.29) is 28.0 Å². The number of aromatic nitrogens is 2. The van der Waals surface area contributed by atoms with Crippen molar-refractivity contribution in [3.05, 3.63) is 28.5 Å². The topological polar surface area (TPSA) is 54.6 Å². The number of alkyl halides is 3. The number of carbonyl (C=O) groups is 1. The van der Waals surface area contributed by atoms with Gasteiger partial charge in [-0.3, -0.25) is 4.40 Å². The second kappa shape index (κ2) is 4.47. The summed E-state index contributed by atoms with van der Waals surface area (Å²) in [4.78, 5) is 14.7. The number of pyridine rings is 1. The summed E-state index contributed by atoms with van der Waals surface area (Å²) in [5.74, 6) is -1.25. The molecule has 4 nitrogen and oxygen atoms in total. The summed E-state index contributed by atoms with van der Waals surface area (Å²) in [6.45, 7) is 0. The number of imidazole rings is 1. The monoisotopic (exact) mass is 340 g/mol. The first kappa shape index (κ1) is 13.2. The molecule has 2 aromatic heterocycles. The summed E-state index contributed by atoms with van der Waals surface area (Å²) in [6.07, 6.45) is 2.33. The lowest BCUT2D eigenvalue weighted by Crippen LogP contribution is -2.03. The quantitative estimate of drug-likeness (QED) is 0.851. The van der Waals surface area contributed by atoms with Gasteiger partial charge in [-0.15, -0.1) is 0 Å². The van der Waals surface area contributed by atoms with Crippen LogP contribution in [-0.2, 0) is 0 Å². The van der Waals surface area contributed by atoms with Crippen molar-refractivity contribution in [1.29, 1.82) is 0 Å². The van der Waals surface area contributed by atoms with E-state index in [1.165, 1.54) is 12.3 Å². The van der Waals surface area contributed by atoms with E-state index in [0.29, 0.717) is 4.47 Å². The number of hydrogen-bond acceptors (Lipinski definition) is 3. The molecular formula is C9H4BrF3N2O2S. The van der Waals surface area contributed by atoms with Crippen LogP contribution in [0.5, 0.6) is 0 Å². The Bertz CT molecular complexity index is 626. The van der Waals surface area contributed by atoms with Gasteiger partial charge in [0.15, 0.2) is 5.65 Å². The van der Waals surface area contributed by atoms with E-state index >= 15 is 0 Å². The van der Waals surface area contributed by atoms with Crippen molar-refractivity contribution in [2.45, 2.75) is 10.5 Å². The molecule has 0 saturated carbocycles. The van der Waals surface area contributed by atoms with Gasteiger partial charge in [-0.25, -0.2) is 9.78 Å². The molecule has 0 aliphatic heterocycles. The average Bonchev–Trinajstić information content (AvgIpc) is 2.58. The van der Waals surface area contributed by atoms with E-state index in [0.717, 1.165) is 10.6 Å². The zero-order valence-corrected chi connectivity index (χ0v) is 10.8. The van der Waals surface area contributed by atoms with Gasteiger partial charge in [0, 0.05) is 22.4 Å². The molecular weight excluding hydrogens is 337 g/mol. The van der Waals surface area contributed by atoms with Crippen LogP contribution in [0.3, 0.4) is 0 Å². The van der Waals surface area contributed by atoms with Gasteiger partial charge in [0.1, 0.15) is 10.6 Å². The van der Waals surface area contributed by atoms with Gasteiger partial charge in [-0.2, -0.15) is 13.2 Å². The lowest BCUT2D eigenvalue weighted by molar-refractivity contribution is -0.0329. The number of nitrogens with zero attached hydrogens (tertiary/aromatic N) is 2. The Balaban J connectivity index is 2.63. The Morgan fingerprint density at radius 3 is 2.72 bits per heavy atom. The number of thioether (sulfide) groups is 1. The van der Waals surface area contributed by atoms with Gasteiger partial charge in [0.2, 0.25) is 0 Å². The highest BCUT2D eigenvalue weighted by atomic mass is 79.9. The molecule has 0 amide bonds. The molecule has 9 heteroatoms. The molecule has 0 bridgehead atoms. The minimum Gasteiger partial charge on any atom is -0.478 e. The summed E-state index contributed by atoms with van der Waals surface area (Å²) in [6, 6.07) is 1.28. The van der Waals surface area contributed by atoms with Gasteiger partial charge in [-0.05, 0) is 22.0 Å². The molecule has 96 valence electrons. The normalized spacial score (nSPS) is 12.0. The van der Waals surface area contributed by atoms with Crippen molar-refractivity contribution >= 4 is 39.3 Å². The van der Waals surface area contributed by atoms with Crippen molar-refractivity contribution in [3.63, 3.8) is 0 Å². The summed E-state index contributed by atoms with van der Waals surface area (Å²) >= 11 is 2.70. The highest BCUT2D eigenvalue weighted by Gasteiger charge is 2.31. The predicted octanol–water partition coefficient (Wildman–Crippen LogP) is 3.41. The molecule has 0 radical (unpaired) electrons. The van der Waals surface area contributed by atoms with E-state index in [4.69, 9.17) is 5.11 Å². The standard InChI is InChI=1S/C9H4BrF3N2O2S/c10-4-1-5(8(16)17)7-14-2-6(15(7)3-4)18-9(11,12)13/h1-3H,(H,16,17). The van der Waals surface area contributed by atoms with E-state index in [1.807, 2.05) is 0 Å². The third-order valence-corrected chi connectivity index (χ3v) is 3.17. The zero-order chi connectivity index (χ0) is 13.5. The van der Waals surface area contributed by atoms with Crippen molar-refractivity contribution in [1.82, 2.24) is 9.38 Å². The first-order valence-corrected chi connectivity index (χ1v) is 6.04. The van der Waals surface area contributed by atoms with Gasteiger partial charge < -0.3 is 5.11 Å². The molecule has 2 rings (SSSR count). The summed E-state index contributed by atoms with van der Waals surface area (Å²) in [5.41, 5.74) is -4.65. The average molecular weight is 341 g/mol. The second-order valence-electron chi connectivity index (χ2n) is 3.21. The Morgan fingerprint density at radius 2 is 2.17 bits per heavy atom. The van der Waals surface area contributed by atoms with Crippen LogP contribution < -0.4 is 0 Å². The van der Waals surface area contributed by atoms with Crippen molar-refractivity contribution in [2.75, 3.05) is 0 Å². The number of rotatable bonds is 2. The molecule has 0 aliphatic carbocycles. The maximum Gasteiger partial charge on any atom is 0.447 e. The summed E-state index contributed by atoms with van der Waals surface area (Å²) in [5, 5.41) is 8.75. The van der Waals surface area contributed by atoms with Crippen molar-refractivity contribution in [3.8, 4) is 0 Å². The van der Waals surface area contributed by atoms with Crippen LogP contribution in [-0.4, -0.2) is 26.0 Å². The highest BCUT2D eigenvalue weighted by Crippen LogP contribution is 2.37. The summed E-state index contributed by atoms with van der Waals surface area (Å²) < 4.78 is 38.3. The number of carboxylic acids is 1. The van der Waals surface area contributed by atoms with Crippen LogP contribution in [0, 0.1) is 0 Å². The third kappa shape index (κ3) is 2.61. The van der Waals surface area contributed by atoms with Crippen molar-refractivity contribution in [2.24, 2.45) is 0 Å². The Labute approximate surface area is 111 Å². The molecule has 0 spiro atoms. The number of fused-ring (bicyclic) bond motifs is 1. The Hall–Kier alpha value is -1.22. The predicted molar refractivity (Wildman–Crippen MR) is 61.8 cm³/mol. The minimum absolute atomic E-state index is 0.0301. The van der Waals surface area contributed by atoms with Crippen LogP contribution in [0.1, 0.15) is 10.4 Å². The molecule has 0 aromatic carbocycles. The van der Waals surface area contributed by atoms with Gasteiger partial charge in [0.05, 0.1) is 6.20 Å². The Kier molecular flexibility index (Phi) is 3.28. The van der Waals surface area contributed by atoms with Gasteiger partial charge >= 0.3 is 11.5 Å². The number of halogens is 4. The first-order chi connectivity index (χ1) is 8.28. The fraction of sp³-hybridized carbons (Fsp3) is 0.111. The molecule has 0 saturated heterocycles. The molecule has 0 atom stereocenters. The maximum absolute atomic E-state index is 12.3. The zero-order valence-electron chi connectivity index (χ0n) is 8.40. The molecule has 0 aliphatic rings. The maximum atomic E-state index is 12.3. The van der Waals surface area contributed by atoms with E-state index in [9.17, 15) is 18.0 Å². The molecule has 2 heterocycles. The second-order valence-corrected chi connectivity index (χ2v) is 5.22. The minimum atomic E-state index is -4.46. The molecule has 18 heavy (non-hydrogen) atoms. The van der Waals surface area contributed by atoms with E-state index < -0.39 is 11.5 Å². The molecule has 0 unspecified atom stereocenters. The SMILES string of the molecule is O=C(O)c1cc(Br)cn2c(SC(F)(F)F)cnc12. The van der Waals surface area contributed by atoms with E-state index in [2.05, 4.69) is 20.9 Å². The fourth-order valence-electron chi connectivity index (χ4n) is 1.38. The van der Waals surface area contributed by atoms with Gasteiger partial charge in [-0.1, -0.05) is 0 Å². The van der Waals surface area contributed by atoms with Crippen LogP contribution in [0.25, 0.3) is 5.65 Å². The van der Waals surface area contributed by atoms with E-state index in [1.54, 1.807) is 0 Å². The smallest absolute Gasteiger partial charge is 0.447 e. The van der Waals surface area contributed by atoms with Crippen LogP contribution in [0.15, 0.2) is 28.0 Å². The van der Waals surface area contributed by atoms with Crippen LogP contribution in [0.4, 0.5) is 13.2 Å². The van der Waals surface area contributed by atoms with Gasteiger partial charge in [0.25, 0.3) is 0 Å². The highest BCUT2D eigenvalue weighted by molar-refractivity contribution is 9.10. The molecule has 0 fully saturated rings. The lowest BCUT2D eigenvalue weighted by atomic mass is 10.3. The fourth-order valence-corrected chi connectivity index (χ4v) is 2.40. The Morgan fingerprint density at radius 1 is 1.50 bits per heavy atom. The number of aromatic carboxylic acids is 1. The van der Waals surface area contributed by atoms with Crippen LogP contribution >= 0.6 is 27.7 Å². The van der Waals surface area contributed by atoms with Crippen molar-refractivity contribution < 1.29 is 23.1 Å². The third-order valence-electron chi connectivity index (χ3n) is 1.99. The number of hydrogen-bond donors (Lipinski definition) is 1. The number of carboxylic acid groups (broad SMARTS) is 1. The lowest BCUT2D eigenvalue weighted by Gasteiger charge is -2.06. The molecule has 2 aromatic rings. The largest absolute Gasteiger partial charge is 0.478 e. The first-order valence-electron chi connectivity index (χ1n) is 4.43.